The van der Waals surface area contributed by atoms with Crippen LogP contribution in [-0.4, -0.2) is 20.2 Å². The van der Waals surface area contributed by atoms with Gasteiger partial charge in [-0.25, -0.2) is 4.79 Å². The van der Waals surface area contributed by atoms with Gasteiger partial charge >= 0.3 is 5.97 Å². The Balaban J connectivity index is 2.15. The van der Waals surface area contributed by atoms with E-state index in [-0.39, 0.29) is 6.61 Å². The third-order valence-corrected chi connectivity index (χ3v) is 3.72. The molecule has 0 aromatic heterocycles. The molecule has 0 fully saturated rings. The van der Waals surface area contributed by atoms with Crippen LogP contribution in [0.5, 0.6) is 11.5 Å². The Morgan fingerprint density at radius 2 is 1.86 bits per heavy atom. The fourth-order valence-corrected chi connectivity index (χ4v) is 2.21. The maximum Gasteiger partial charge on any atom is 0.342 e. The van der Waals surface area contributed by atoms with Crippen LogP contribution in [0.2, 0.25) is 0 Å². The molecule has 2 rings (SSSR count). The lowest BCUT2D eigenvalue weighted by atomic mass is 10.2. The topological polar surface area (TPSA) is 44.8 Å². The molecule has 2 aromatic carbocycles. The predicted octanol–water partition coefficient (Wildman–Crippen LogP) is 3.82. The van der Waals surface area contributed by atoms with Gasteiger partial charge in [0.05, 0.1) is 14.2 Å². The summed E-state index contributed by atoms with van der Waals surface area (Å²) in [7, 11) is 3.05. The highest BCUT2D eigenvalue weighted by atomic mass is 79.9. The summed E-state index contributed by atoms with van der Waals surface area (Å²) in [5.74, 6) is 0.568. The molecular formula is C16H15BrO4. The van der Waals surface area contributed by atoms with Gasteiger partial charge < -0.3 is 14.2 Å². The minimum atomic E-state index is -0.457. The molecule has 4 nitrogen and oxygen atoms in total. The monoisotopic (exact) mass is 350 g/mol. The van der Waals surface area contributed by atoms with Crippen LogP contribution in [0.3, 0.4) is 0 Å². The maximum absolute atomic E-state index is 12.2. The fourth-order valence-electron chi connectivity index (χ4n) is 1.81. The number of hydrogen-bond donors (Lipinski definition) is 0. The van der Waals surface area contributed by atoms with E-state index in [1.165, 1.54) is 14.2 Å². The minimum absolute atomic E-state index is 0.181. The van der Waals surface area contributed by atoms with Gasteiger partial charge in [-0.05, 0) is 24.3 Å². The lowest BCUT2D eigenvalue weighted by Gasteiger charge is -2.11. The zero-order valence-electron chi connectivity index (χ0n) is 11.8. The zero-order valence-corrected chi connectivity index (χ0v) is 13.3. The van der Waals surface area contributed by atoms with Gasteiger partial charge in [0.1, 0.15) is 23.7 Å². The van der Waals surface area contributed by atoms with E-state index in [4.69, 9.17) is 14.2 Å². The largest absolute Gasteiger partial charge is 0.497 e. The number of halogens is 1. The van der Waals surface area contributed by atoms with Crippen molar-refractivity contribution in [2.75, 3.05) is 14.2 Å². The molecule has 0 bridgehead atoms. The van der Waals surface area contributed by atoms with Crippen LogP contribution < -0.4 is 9.47 Å². The number of benzene rings is 2. The van der Waals surface area contributed by atoms with E-state index in [1.54, 1.807) is 18.2 Å². The Morgan fingerprint density at radius 3 is 2.52 bits per heavy atom. The van der Waals surface area contributed by atoms with Crippen molar-refractivity contribution in [3.63, 3.8) is 0 Å². The average molecular weight is 351 g/mol. The first-order chi connectivity index (χ1) is 10.2. The van der Waals surface area contributed by atoms with E-state index >= 15 is 0 Å². The van der Waals surface area contributed by atoms with Crippen LogP contribution in [0.4, 0.5) is 0 Å². The Hall–Kier alpha value is -2.01. The molecule has 0 spiro atoms. The summed E-state index contributed by atoms with van der Waals surface area (Å²) in [4.78, 5) is 12.2. The molecule has 0 aliphatic carbocycles. The Bertz CT molecular complexity index is 640. The molecule has 21 heavy (non-hydrogen) atoms. The van der Waals surface area contributed by atoms with E-state index in [0.717, 1.165) is 10.0 Å². The third kappa shape index (κ3) is 3.76. The number of rotatable bonds is 5. The lowest BCUT2D eigenvalue weighted by Crippen LogP contribution is -2.07. The van der Waals surface area contributed by atoms with Crippen molar-refractivity contribution in [2.24, 2.45) is 0 Å². The summed E-state index contributed by atoms with van der Waals surface area (Å²) in [5.41, 5.74) is 1.23. The van der Waals surface area contributed by atoms with Crippen LogP contribution in [0.1, 0.15) is 15.9 Å². The van der Waals surface area contributed by atoms with E-state index in [9.17, 15) is 4.79 Å². The van der Waals surface area contributed by atoms with Crippen molar-refractivity contribution in [1.29, 1.82) is 0 Å². The van der Waals surface area contributed by atoms with E-state index in [0.29, 0.717) is 17.1 Å². The van der Waals surface area contributed by atoms with Crippen molar-refractivity contribution in [2.45, 2.75) is 6.61 Å². The van der Waals surface area contributed by atoms with Crippen LogP contribution in [0.15, 0.2) is 46.9 Å². The molecule has 0 unspecified atom stereocenters. The summed E-state index contributed by atoms with van der Waals surface area (Å²) in [6.45, 7) is 0.181. The van der Waals surface area contributed by atoms with Crippen molar-refractivity contribution in [1.82, 2.24) is 0 Å². The normalized spacial score (nSPS) is 10.0. The summed E-state index contributed by atoms with van der Waals surface area (Å²) in [5, 5.41) is 0. The molecule has 0 radical (unpaired) electrons. The van der Waals surface area contributed by atoms with Crippen molar-refractivity contribution >= 4 is 21.9 Å². The van der Waals surface area contributed by atoms with Gasteiger partial charge in [-0.1, -0.05) is 34.1 Å². The first-order valence-corrected chi connectivity index (χ1v) is 7.07. The molecular weight excluding hydrogens is 336 g/mol. The maximum atomic E-state index is 12.2. The SMILES string of the molecule is COc1ccc(OC)c(C(=O)OCc2ccccc2Br)c1. The Labute approximate surface area is 131 Å². The van der Waals surface area contributed by atoms with Gasteiger partial charge in [0, 0.05) is 10.0 Å². The van der Waals surface area contributed by atoms with Crippen molar-refractivity contribution in [3.8, 4) is 11.5 Å². The highest BCUT2D eigenvalue weighted by Gasteiger charge is 2.15. The predicted molar refractivity (Wildman–Crippen MR) is 82.8 cm³/mol. The second kappa shape index (κ2) is 7.13. The van der Waals surface area contributed by atoms with Crippen molar-refractivity contribution in [3.05, 3.63) is 58.1 Å². The zero-order chi connectivity index (χ0) is 15.2. The molecule has 110 valence electrons. The fraction of sp³-hybridized carbons (Fsp3) is 0.188. The number of carbonyl (C=O) groups is 1. The van der Waals surface area contributed by atoms with E-state index in [2.05, 4.69) is 15.9 Å². The highest BCUT2D eigenvalue weighted by molar-refractivity contribution is 9.10. The molecule has 0 aliphatic rings. The standard InChI is InChI=1S/C16H15BrO4/c1-19-12-7-8-15(20-2)13(9-12)16(18)21-10-11-5-3-4-6-14(11)17/h3-9H,10H2,1-2H3. The number of ether oxygens (including phenoxy) is 3. The second-order valence-corrected chi connectivity index (χ2v) is 5.09. The summed E-state index contributed by atoms with van der Waals surface area (Å²) < 4.78 is 16.5. The highest BCUT2D eigenvalue weighted by Crippen LogP contribution is 2.25. The van der Waals surface area contributed by atoms with Crippen LogP contribution in [0, 0.1) is 0 Å². The lowest BCUT2D eigenvalue weighted by molar-refractivity contribution is 0.0468. The summed E-state index contributed by atoms with van der Waals surface area (Å²) >= 11 is 3.42. The molecule has 0 saturated heterocycles. The van der Waals surface area contributed by atoms with Crippen LogP contribution in [-0.2, 0) is 11.3 Å². The Kier molecular flexibility index (Phi) is 5.22. The number of hydrogen-bond acceptors (Lipinski definition) is 4. The Morgan fingerprint density at radius 1 is 1.10 bits per heavy atom. The molecule has 0 aliphatic heterocycles. The molecule has 5 heteroatoms. The average Bonchev–Trinajstić information content (AvgIpc) is 2.53. The summed E-state index contributed by atoms with van der Waals surface area (Å²) in [6.07, 6.45) is 0. The molecule has 0 atom stereocenters. The molecule has 0 amide bonds. The first-order valence-electron chi connectivity index (χ1n) is 6.28. The first kappa shape index (κ1) is 15.4. The van der Waals surface area contributed by atoms with Crippen molar-refractivity contribution < 1.29 is 19.0 Å². The van der Waals surface area contributed by atoms with Gasteiger partial charge in [0.15, 0.2) is 0 Å². The number of carbonyl (C=O) groups excluding carboxylic acids is 1. The number of methoxy groups -OCH3 is 2. The molecule has 2 aromatic rings. The molecule has 0 N–H and O–H groups in total. The van der Waals surface area contributed by atoms with Gasteiger partial charge in [0.25, 0.3) is 0 Å². The van der Waals surface area contributed by atoms with Crippen LogP contribution in [0.25, 0.3) is 0 Å². The van der Waals surface area contributed by atoms with Gasteiger partial charge in [-0.15, -0.1) is 0 Å². The third-order valence-electron chi connectivity index (χ3n) is 2.94. The van der Waals surface area contributed by atoms with Gasteiger partial charge in [0.2, 0.25) is 0 Å². The minimum Gasteiger partial charge on any atom is -0.497 e. The van der Waals surface area contributed by atoms with E-state index < -0.39 is 5.97 Å². The smallest absolute Gasteiger partial charge is 0.342 e. The van der Waals surface area contributed by atoms with Gasteiger partial charge in [-0.3, -0.25) is 0 Å². The quantitative estimate of drug-likeness (QED) is 0.769. The van der Waals surface area contributed by atoms with E-state index in [1.807, 2.05) is 24.3 Å². The van der Waals surface area contributed by atoms with Gasteiger partial charge in [-0.2, -0.15) is 0 Å². The molecule has 0 heterocycles. The van der Waals surface area contributed by atoms with Crippen LogP contribution >= 0.6 is 15.9 Å². The number of esters is 1. The molecule has 0 saturated carbocycles. The second-order valence-electron chi connectivity index (χ2n) is 4.23. The summed E-state index contributed by atoms with van der Waals surface area (Å²) in [6, 6.07) is 12.6.